The van der Waals surface area contributed by atoms with Gasteiger partial charge in [0.15, 0.2) is 0 Å². The van der Waals surface area contributed by atoms with Crippen molar-refractivity contribution in [3.8, 4) is 0 Å². The molecule has 0 bridgehead atoms. The minimum absolute atomic E-state index is 0.165. The summed E-state index contributed by atoms with van der Waals surface area (Å²) in [6.07, 6.45) is 1.03. The number of hydrogen-bond acceptors (Lipinski definition) is 5. The zero-order chi connectivity index (χ0) is 20.4. The van der Waals surface area contributed by atoms with Crippen LogP contribution in [0.4, 0.5) is 17.1 Å². The third kappa shape index (κ3) is 4.82. The number of carbonyl (C=O) groups is 1. The van der Waals surface area contributed by atoms with Crippen LogP contribution in [0, 0.1) is 24.0 Å². The Morgan fingerprint density at radius 2 is 1.85 bits per heavy atom. The van der Waals surface area contributed by atoms with Crippen LogP contribution >= 0.6 is 0 Å². The summed E-state index contributed by atoms with van der Waals surface area (Å²) in [5, 5.41) is 13.5. The highest BCUT2D eigenvalue weighted by molar-refractivity contribution is 7.92. The van der Waals surface area contributed by atoms with Gasteiger partial charge in [-0.2, -0.15) is 0 Å². The van der Waals surface area contributed by atoms with E-state index in [-0.39, 0.29) is 11.4 Å². The van der Waals surface area contributed by atoms with E-state index in [0.717, 1.165) is 16.1 Å². The van der Waals surface area contributed by atoms with E-state index in [4.69, 9.17) is 0 Å². The van der Waals surface area contributed by atoms with Gasteiger partial charge in [0.2, 0.25) is 15.9 Å². The first-order valence-electron chi connectivity index (χ1n) is 8.12. The summed E-state index contributed by atoms with van der Waals surface area (Å²) < 4.78 is 25.6. The molecule has 2 rings (SSSR count). The Kier molecular flexibility index (Phi) is 5.85. The smallest absolute Gasteiger partial charge is 0.271 e. The molecule has 0 fully saturated rings. The Bertz CT molecular complexity index is 988. The third-order valence-electron chi connectivity index (χ3n) is 4.03. The van der Waals surface area contributed by atoms with Gasteiger partial charge in [-0.15, -0.1) is 0 Å². The largest absolute Gasteiger partial charge is 0.324 e. The quantitative estimate of drug-likeness (QED) is 0.601. The number of amides is 1. The van der Waals surface area contributed by atoms with Crippen molar-refractivity contribution in [1.29, 1.82) is 0 Å². The highest BCUT2D eigenvalue weighted by Crippen LogP contribution is 2.25. The van der Waals surface area contributed by atoms with Gasteiger partial charge in [0.1, 0.15) is 6.04 Å². The standard InChI is InChI=1S/C18H21N3O5S/c1-12-6-5-7-15(10-12)20(27(4,25)26)14(3)18(22)19-17-11-16(21(23)24)9-8-13(17)2/h5-11,14H,1-4H3,(H,19,22)/t14-/m1/s1. The number of sulfonamides is 1. The van der Waals surface area contributed by atoms with E-state index in [1.165, 1.54) is 25.1 Å². The fourth-order valence-corrected chi connectivity index (χ4v) is 3.84. The Labute approximate surface area is 158 Å². The number of non-ortho nitro benzene ring substituents is 1. The van der Waals surface area contributed by atoms with Crippen LogP contribution in [0.2, 0.25) is 0 Å². The molecule has 0 heterocycles. The number of carbonyl (C=O) groups excluding carboxylic acids is 1. The number of nitro groups is 1. The molecule has 1 N–H and O–H groups in total. The Morgan fingerprint density at radius 3 is 2.41 bits per heavy atom. The first kappa shape index (κ1) is 20.4. The fourth-order valence-electron chi connectivity index (χ4n) is 2.67. The summed E-state index contributed by atoms with van der Waals surface area (Å²) >= 11 is 0. The molecule has 0 aliphatic carbocycles. The van der Waals surface area contributed by atoms with E-state index in [1.54, 1.807) is 25.1 Å². The van der Waals surface area contributed by atoms with Gasteiger partial charge in [-0.05, 0) is 44.0 Å². The summed E-state index contributed by atoms with van der Waals surface area (Å²) in [5.41, 5.74) is 1.95. The lowest BCUT2D eigenvalue weighted by Gasteiger charge is -2.28. The Balaban J connectivity index is 2.36. The monoisotopic (exact) mass is 391 g/mol. The number of anilines is 2. The lowest BCUT2D eigenvalue weighted by atomic mass is 10.1. The molecule has 8 nitrogen and oxygen atoms in total. The number of nitrogens with zero attached hydrogens (tertiary/aromatic N) is 2. The van der Waals surface area contributed by atoms with Crippen molar-refractivity contribution in [3.63, 3.8) is 0 Å². The van der Waals surface area contributed by atoms with Gasteiger partial charge in [-0.3, -0.25) is 19.2 Å². The average Bonchev–Trinajstić information content (AvgIpc) is 2.55. The topological polar surface area (TPSA) is 110 Å². The van der Waals surface area contributed by atoms with Gasteiger partial charge in [-0.1, -0.05) is 18.2 Å². The number of rotatable bonds is 6. The number of nitrogens with one attached hydrogen (secondary N) is 1. The molecule has 1 amide bonds. The van der Waals surface area contributed by atoms with Gasteiger partial charge in [0.25, 0.3) is 5.69 Å². The van der Waals surface area contributed by atoms with Crippen LogP contribution in [-0.2, 0) is 14.8 Å². The molecule has 0 aliphatic rings. The molecule has 1 atom stereocenters. The van der Waals surface area contributed by atoms with Crippen molar-refractivity contribution < 1.29 is 18.1 Å². The SMILES string of the molecule is Cc1cccc(N([C@H](C)C(=O)Nc2cc([N+](=O)[O-])ccc2C)S(C)(=O)=O)c1. The van der Waals surface area contributed by atoms with Gasteiger partial charge >= 0.3 is 0 Å². The summed E-state index contributed by atoms with van der Waals surface area (Å²) in [4.78, 5) is 23.1. The van der Waals surface area contributed by atoms with E-state index in [1.807, 2.05) is 13.0 Å². The second-order valence-electron chi connectivity index (χ2n) is 6.32. The first-order chi connectivity index (χ1) is 12.5. The maximum absolute atomic E-state index is 12.7. The molecule has 0 saturated carbocycles. The van der Waals surface area contributed by atoms with Crippen LogP contribution < -0.4 is 9.62 Å². The zero-order valence-corrected chi connectivity index (χ0v) is 16.3. The van der Waals surface area contributed by atoms with Crippen molar-refractivity contribution in [1.82, 2.24) is 0 Å². The van der Waals surface area contributed by atoms with Crippen LogP contribution in [0.5, 0.6) is 0 Å². The zero-order valence-electron chi connectivity index (χ0n) is 15.5. The van der Waals surface area contributed by atoms with Crippen LogP contribution in [0.3, 0.4) is 0 Å². The number of hydrogen-bond donors (Lipinski definition) is 1. The van der Waals surface area contributed by atoms with Crippen molar-refractivity contribution in [2.45, 2.75) is 26.8 Å². The van der Waals surface area contributed by atoms with E-state index >= 15 is 0 Å². The molecule has 0 unspecified atom stereocenters. The van der Waals surface area contributed by atoms with E-state index in [9.17, 15) is 23.3 Å². The van der Waals surface area contributed by atoms with Crippen LogP contribution in [0.1, 0.15) is 18.1 Å². The molecule has 9 heteroatoms. The highest BCUT2D eigenvalue weighted by Gasteiger charge is 2.29. The molecule has 2 aromatic carbocycles. The van der Waals surface area contributed by atoms with Crippen molar-refractivity contribution >= 4 is 33.0 Å². The maximum atomic E-state index is 12.7. The third-order valence-corrected chi connectivity index (χ3v) is 5.28. The number of benzene rings is 2. The lowest BCUT2D eigenvalue weighted by Crippen LogP contribution is -2.45. The second kappa shape index (κ2) is 7.75. The lowest BCUT2D eigenvalue weighted by molar-refractivity contribution is -0.384. The molecule has 144 valence electrons. The predicted octanol–water partition coefficient (Wildman–Crippen LogP) is 3.00. The van der Waals surface area contributed by atoms with Crippen LogP contribution in [-0.4, -0.2) is 31.5 Å². The minimum atomic E-state index is -3.74. The second-order valence-corrected chi connectivity index (χ2v) is 8.18. The molecule has 27 heavy (non-hydrogen) atoms. The molecule has 0 radical (unpaired) electrons. The van der Waals surface area contributed by atoms with Crippen molar-refractivity contribution in [2.75, 3.05) is 15.9 Å². The number of nitro benzene ring substituents is 1. The van der Waals surface area contributed by atoms with E-state index in [2.05, 4.69) is 5.32 Å². The van der Waals surface area contributed by atoms with Gasteiger partial charge < -0.3 is 5.32 Å². The van der Waals surface area contributed by atoms with E-state index in [0.29, 0.717) is 11.3 Å². The minimum Gasteiger partial charge on any atom is -0.324 e. The number of aryl methyl sites for hydroxylation is 2. The average molecular weight is 391 g/mol. The molecule has 0 aliphatic heterocycles. The van der Waals surface area contributed by atoms with Crippen molar-refractivity contribution in [2.24, 2.45) is 0 Å². The van der Waals surface area contributed by atoms with Gasteiger partial charge in [0.05, 0.1) is 22.6 Å². The highest BCUT2D eigenvalue weighted by atomic mass is 32.2. The summed E-state index contributed by atoms with van der Waals surface area (Å²) in [6.45, 7) is 4.98. The Hall–Kier alpha value is -2.94. The molecule has 2 aromatic rings. The predicted molar refractivity (Wildman–Crippen MR) is 104 cm³/mol. The normalized spacial score (nSPS) is 12.3. The summed E-state index contributed by atoms with van der Waals surface area (Å²) in [5.74, 6) is -0.592. The van der Waals surface area contributed by atoms with Crippen molar-refractivity contribution in [3.05, 3.63) is 63.7 Å². The van der Waals surface area contributed by atoms with Gasteiger partial charge in [-0.25, -0.2) is 8.42 Å². The summed E-state index contributed by atoms with van der Waals surface area (Å²) in [7, 11) is -3.74. The maximum Gasteiger partial charge on any atom is 0.271 e. The van der Waals surface area contributed by atoms with Crippen LogP contribution in [0.25, 0.3) is 0 Å². The molecular formula is C18H21N3O5S. The fraction of sp³-hybridized carbons (Fsp3) is 0.278. The first-order valence-corrected chi connectivity index (χ1v) is 9.97. The summed E-state index contributed by atoms with van der Waals surface area (Å²) in [6, 6.07) is 9.86. The van der Waals surface area contributed by atoms with E-state index < -0.39 is 26.9 Å². The molecule has 0 spiro atoms. The molecular weight excluding hydrogens is 370 g/mol. The molecule has 0 saturated heterocycles. The Morgan fingerprint density at radius 1 is 1.19 bits per heavy atom. The molecule has 0 aromatic heterocycles. The van der Waals surface area contributed by atoms with Crippen LogP contribution in [0.15, 0.2) is 42.5 Å². The van der Waals surface area contributed by atoms with Gasteiger partial charge in [0, 0.05) is 12.1 Å².